The van der Waals surface area contributed by atoms with Crippen molar-refractivity contribution in [1.82, 2.24) is 0 Å². The molecule has 1 unspecified atom stereocenters. The molecule has 0 amide bonds. The summed E-state index contributed by atoms with van der Waals surface area (Å²) in [7, 11) is 0. The summed E-state index contributed by atoms with van der Waals surface area (Å²) in [5.74, 6) is -0.552. The molecule has 0 radical (unpaired) electrons. The smallest absolute Gasteiger partial charge is 0.313 e. The fourth-order valence-corrected chi connectivity index (χ4v) is 1.99. The minimum Gasteiger partial charge on any atom is -0.465 e. The molecule has 0 aliphatic rings. The molecule has 0 saturated carbocycles. The zero-order chi connectivity index (χ0) is 15.9. The fraction of sp³-hybridized carbons (Fsp3) is 0.529. The number of esters is 1. The van der Waals surface area contributed by atoms with Gasteiger partial charge >= 0.3 is 5.97 Å². The number of hydrogen-bond donors (Lipinski definition) is 1. The summed E-state index contributed by atoms with van der Waals surface area (Å²) < 4.78 is 5.28. The maximum atomic E-state index is 12.0. The average Bonchev–Trinajstić information content (AvgIpc) is 2.45. The second kappa shape index (κ2) is 7.68. The zero-order valence-electron chi connectivity index (χ0n) is 13.1. The number of nitrogens with zero attached hydrogens (tertiary/aromatic N) is 1. The van der Waals surface area contributed by atoms with Crippen LogP contribution in [0.4, 0.5) is 5.69 Å². The van der Waals surface area contributed by atoms with Crippen molar-refractivity contribution in [3.8, 4) is 6.07 Å². The Bertz CT molecular complexity index is 518. The van der Waals surface area contributed by atoms with Gasteiger partial charge in [-0.25, -0.2) is 0 Å². The standard InChI is InChI=1S/C17H24N2O2/c1-13(14-7-6-8-15(19)11-14)16(20)21-10-5-4-9-17(2,3)12-18/h6-8,11,13H,4-5,9-10,19H2,1-3H3. The highest BCUT2D eigenvalue weighted by Gasteiger charge is 2.18. The van der Waals surface area contributed by atoms with Gasteiger partial charge in [0.05, 0.1) is 24.0 Å². The van der Waals surface area contributed by atoms with Gasteiger partial charge in [-0.15, -0.1) is 0 Å². The summed E-state index contributed by atoms with van der Waals surface area (Å²) in [6.07, 6.45) is 2.47. The molecule has 0 bridgehead atoms. The van der Waals surface area contributed by atoms with Gasteiger partial charge < -0.3 is 10.5 Å². The van der Waals surface area contributed by atoms with E-state index in [1.54, 1.807) is 12.1 Å². The second-order valence-electron chi connectivity index (χ2n) is 6.01. The van der Waals surface area contributed by atoms with Crippen molar-refractivity contribution in [2.24, 2.45) is 5.41 Å². The molecule has 4 nitrogen and oxygen atoms in total. The molecule has 0 spiro atoms. The Morgan fingerprint density at radius 2 is 2.14 bits per heavy atom. The molecule has 1 aromatic rings. The highest BCUT2D eigenvalue weighted by atomic mass is 16.5. The molecule has 1 atom stereocenters. The van der Waals surface area contributed by atoms with Crippen molar-refractivity contribution >= 4 is 11.7 Å². The van der Waals surface area contributed by atoms with Gasteiger partial charge in [0.25, 0.3) is 0 Å². The fourth-order valence-electron chi connectivity index (χ4n) is 1.99. The van der Waals surface area contributed by atoms with Gasteiger partial charge in [0.1, 0.15) is 0 Å². The summed E-state index contributed by atoms with van der Waals surface area (Å²) in [5, 5.41) is 8.91. The lowest BCUT2D eigenvalue weighted by Gasteiger charge is -2.15. The van der Waals surface area contributed by atoms with Gasteiger partial charge in [-0.1, -0.05) is 12.1 Å². The number of benzene rings is 1. The van der Waals surface area contributed by atoms with Gasteiger partial charge in [0.15, 0.2) is 0 Å². The maximum absolute atomic E-state index is 12.0. The first kappa shape index (κ1) is 17.0. The van der Waals surface area contributed by atoms with Crippen molar-refractivity contribution in [3.63, 3.8) is 0 Å². The summed E-state index contributed by atoms with van der Waals surface area (Å²) in [6, 6.07) is 9.55. The molecule has 21 heavy (non-hydrogen) atoms. The van der Waals surface area contributed by atoms with Crippen LogP contribution >= 0.6 is 0 Å². The van der Waals surface area contributed by atoms with Gasteiger partial charge in [0.2, 0.25) is 0 Å². The van der Waals surface area contributed by atoms with Crippen LogP contribution in [-0.2, 0) is 9.53 Å². The van der Waals surface area contributed by atoms with Crippen LogP contribution in [0.5, 0.6) is 0 Å². The van der Waals surface area contributed by atoms with Crippen molar-refractivity contribution in [1.29, 1.82) is 5.26 Å². The van der Waals surface area contributed by atoms with E-state index in [-0.39, 0.29) is 17.3 Å². The Morgan fingerprint density at radius 1 is 1.43 bits per heavy atom. The Hall–Kier alpha value is -2.02. The molecule has 0 saturated heterocycles. The van der Waals surface area contributed by atoms with Gasteiger partial charge in [-0.3, -0.25) is 4.79 Å². The van der Waals surface area contributed by atoms with E-state index in [1.165, 1.54) is 0 Å². The van der Waals surface area contributed by atoms with Crippen LogP contribution in [0.1, 0.15) is 51.5 Å². The number of rotatable bonds is 7. The topological polar surface area (TPSA) is 76.1 Å². The van der Waals surface area contributed by atoms with Crippen LogP contribution in [0.25, 0.3) is 0 Å². The van der Waals surface area contributed by atoms with E-state index in [0.717, 1.165) is 24.8 Å². The monoisotopic (exact) mass is 288 g/mol. The van der Waals surface area contributed by atoms with Crippen LogP contribution in [0.3, 0.4) is 0 Å². The molecule has 0 fully saturated rings. The van der Waals surface area contributed by atoms with E-state index in [2.05, 4.69) is 6.07 Å². The molecule has 1 aromatic carbocycles. The number of carbonyl (C=O) groups is 1. The third-order valence-electron chi connectivity index (χ3n) is 3.51. The lowest BCUT2D eigenvalue weighted by Crippen LogP contribution is -2.14. The highest BCUT2D eigenvalue weighted by Crippen LogP contribution is 2.22. The normalized spacial score (nSPS) is 12.5. The quantitative estimate of drug-likeness (QED) is 0.472. The largest absolute Gasteiger partial charge is 0.465 e. The Balaban J connectivity index is 2.33. The lowest BCUT2D eigenvalue weighted by atomic mass is 9.89. The average molecular weight is 288 g/mol. The van der Waals surface area contributed by atoms with E-state index in [0.29, 0.717) is 12.3 Å². The molecule has 0 aliphatic carbocycles. The van der Waals surface area contributed by atoms with Crippen LogP contribution < -0.4 is 5.73 Å². The predicted octanol–water partition coefficient (Wildman–Crippen LogP) is 3.64. The Morgan fingerprint density at radius 3 is 2.76 bits per heavy atom. The molecule has 114 valence electrons. The number of unbranched alkanes of at least 4 members (excludes halogenated alkanes) is 1. The molecule has 2 N–H and O–H groups in total. The van der Waals surface area contributed by atoms with Crippen molar-refractivity contribution in [2.45, 2.75) is 46.0 Å². The molecular formula is C17H24N2O2. The number of nitrogen functional groups attached to an aromatic ring is 1. The number of anilines is 1. The summed E-state index contributed by atoms with van der Waals surface area (Å²) >= 11 is 0. The van der Waals surface area contributed by atoms with E-state index in [9.17, 15) is 4.79 Å². The predicted molar refractivity (Wildman–Crippen MR) is 83.5 cm³/mol. The minimum absolute atomic E-state index is 0.236. The molecule has 0 aromatic heterocycles. The number of nitriles is 1. The van der Waals surface area contributed by atoms with Crippen molar-refractivity contribution < 1.29 is 9.53 Å². The third-order valence-corrected chi connectivity index (χ3v) is 3.51. The first-order chi connectivity index (χ1) is 9.85. The Kier molecular flexibility index (Phi) is 6.23. The maximum Gasteiger partial charge on any atom is 0.313 e. The van der Waals surface area contributed by atoms with Crippen molar-refractivity contribution in [2.75, 3.05) is 12.3 Å². The second-order valence-corrected chi connectivity index (χ2v) is 6.01. The van der Waals surface area contributed by atoms with E-state index < -0.39 is 0 Å². The van der Waals surface area contributed by atoms with E-state index >= 15 is 0 Å². The Labute approximate surface area is 126 Å². The number of ether oxygens (including phenoxy) is 1. The van der Waals surface area contributed by atoms with Crippen LogP contribution in [0.15, 0.2) is 24.3 Å². The van der Waals surface area contributed by atoms with Crippen LogP contribution in [-0.4, -0.2) is 12.6 Å². The van der Waals surface area contributed by atoms with Crippen LogP contribution in [0, 0.1) is 16.7 Å². The minimum atomic E-state index is -0.316. The number of nitrogens with two attached hydrogens (primary N) is 1. The number of carbonyl (C=O) groups excluding carboxylic acids is 1. The molecule has 4 heteroatoms. The van der Waals surface area contributed by atoms with Gasteiger partial charge in [-0.05, 0) is 57.7 Å². The summed E-state index contributed by atoms with van der Waals surface area (Å²) in [4.78, 5) is 12.0. The zero-order valence-corrected chi connectivity index (χ0v) is 13.1. The first-order valence-electron chi connectivity index (χ1n) is 7.29. The molecule has 1 rings (SSSR count). The highest BCUT2D eigenvalue weighted by molar-refractivity contribution is 5.78. The number of hydrogen-bond acceptors (Lipinski definition) is 4. The third kappa shape index (κ3) is 5.86. The first-order valence-corrected chi connectivity index (χ1v) is 7.29. The van der Waals surface area contributed by atoms with E-state index in [4.69, 9.17) is 15.7 Å². The van der Waals surface area contributed by atoms with Crippen molar-refractivity contribution in [3.05, 3.63) is 29.8 Å². The van der Waals surface area contributed by atoms with E-state index in [1.807, 2.05) is 32.9 Å². The van der Waals surface area contributed by atoms with Gasteiger partial charge in [0, 0.05) is 5.69 Å². The molecule has 0 heterocycles. The SMILES string of the molecule is CC(C(=O)OCCCCC(C)(C)C#N)c1cccc(N)c1. The summed E-state index contributed by atoms with van der Waals surface area (Å²) in [6.45, 7) is 6.05. The molecular weight excluding hydrogens is 264 g/mol. The van der Waals surface area contributed by atoms with Crippen LogP contribution in [0.2, 0.25) is 0 Å². The molecule has 0 aliphatic heterocycles. The van der Waals surface area contributed by atoms with Gasteiger partial charge in [-0.2, -0.15) is 5.26 Å². The lowest BCUT2D eigenvalue weighted by molar-refractivity contribution is -0.145. The summed E-state index contributed by atoms with van der Waals surface area (Å²) in [5.41, 5.74) is 6.92.